The molecule has 0 amide bonds. The topological polar surface area (TPSA) is 71.4 Å². The Kier molecular flexibility index (Phi) is 5.93. The highest BCUT2D eigenvalue weighted by Crippen LogP contribution is 2.34. The molecule has 4 heteroatoms. The molecule has 2 unspecified atom stereocenters. The van der Waals surface area contributed by atoms with Gasteiger partial charge in [-0.25, -0.2) is 0 Å². The van der Waals surface area contributed by atoms with E-state index in [0.29, 0.717) is 19.1 Å². The molecule has 0 aromatic carbocycles. The molecular weight excluding hydrogens is 208 g/mol. The third-order valence-corrected chi connectivity index (χ3v) is 2.90. The first kappa shape index (κ1) is 14.8. The van der Waals surface area contributed by atoms with Gasteiger partial charge in [-0.1, -0.05) is 20.8 Å². The number of aldehydes is 2. The molecule has 0 aromatic heterocycles. The van der Waals surface area contributed by atoms with Crippen molar-refractivity contribution in [2.45, 2.75) is 40.0 Å². The van der Waals surface area contributed by atoms with E-state index < -0.39 is 11.9 Å². The number of hydrogen-bond acceptors (Lipinski definition) is 3. The van der Waals surface area contributed by atoms with E-state index in [-0.39, 0.29) is 17.8 Å². The first-order valence-electron chi connectivity index (χ1n) is 5.43. The Balaban J connectivity index is 4.63. The second-order valence-electron chi connectivity index (χ2n) is 5.14. The highest BCUT2D eigenvalue weighted by molar-refractivity contribution is 5.73. The van der Waals surface area contributed by atoms with Crippen LogP contribution in [-0.4, -0.2) is 23.6 Å². The second kappa shape index (κ2) is 6.40. The van der Waals surface area contributed by atoms with Crippen LogP contribution in [0.5, 0.6) is 0 Å². The van der Waals surface area contributed by atoms with E-state index in [9.17, 15) is 14.4 Å². The van der Waals surface area contributed by atoms with E-state index >= 15 is 0 Å². The number of carbonyl (C=O) groups excluding carboxylic acids is 2. The van der Waals surface area contributed by atoms with Crippen LogP contribution in [0.4, 0.5) is 0 Å². The van der Waals surface area contributed by atoms with Crippen molar-refractivity contribution in [2.24, 2.45) is 17.3 Å². The molecule has 1 N–H and O–H groups in total. The highest BCUT2D eigenvalue weighted by Gasteiger charge is 2.29. The maximum Gasteiger partial charge on any atom is 0.306 e. The van der Waals surface area contributed by atoms with Gasteiger partial charge < -0.3 is 14.7 Å². The normalized spacial score (nSPS) is 15.2. The van der Waals surface area contributed by atoms with E-state index in [0.717, 1.165) is 6.29 Å². The zero-order valence-electron chi connectivity index (χ0n) is 10.1. The van der Waals surface area contributed by atoms with Crippen LogP contribution in [0.1, 0.15) is 40.0 Å². The summed E-state index contributed by atoms with van der Waals surface area (Å²) in [6.45, 7) is 5.92. The molecule has 4 nitrogen and oxygen atoms in total. The van der Waals surface area contributed by atoms with E-state index in [1.54, 1.807) is 0 Å². The molecule has 0 aromatic rings. The summed E-state index contributed by atoms with van der Waals surface area (Å²) in [4.78, 5) is 31.8. The molecule has 0 aliphatic heterocycles. The van der Waals surface area contributed by atoms with Gasteiger partial charge in [-0.15, -0.1) is 0 Å². The smallest absolute Gasteiger partial charge is 0.306 e. The molecule has 0 rings (SSSR count). The van der Waals surface area contributed by atoms with Gasteiger partial charge in [-0.2, -0.15) is 0 Å². The number of rotatable bonds is 7. The Labute approximate surface area is 96.0 Å². The van der Waals surface area contributed by atoms with E-state index in [1.807, 2.05) is 20.8 Å². The Hall–Kier alpha value is -1.19. The summed E-state index contributed by atoms with van der Waals surface area (Å²) in [5, 5.41) is 8.94. The van der Waals surface area contributed by atoms with E-state index in [1.165, 1.54) is 0 Å². The van der Waals surface area contributed by atoms with Crippen LogP contribution in [0.25, 0.3) is 0 Å². The molecule has 0 fully saturated rings. The maximum atomic E-state index is 10.9. The van der Waals surface area contributed by atoms with Crippen molar-refractivity contribution in [3.63, 3.8) is 0 Å². The minimum Gasteiger partial charge on any atom is -0.481 e. The lowest BCUT2D eigenvalue weighted by Crippen LogP contribution is -2.27. The number of carboxylic acid groups (broad SMARTS) is 1. The maximum absolute atomic E-state index is 10.9. The number of hydrogen-bond donors (Lipinski definition) is 1. The van der Waals surface area contributed by atoms with Crippen molar-refractivity contribution < 1.29 is 19.5 Å². The summed E-state index contributed by atoms with van der Waals surface area (Å²) in [6, 6.07) is 0. The fourth-order valence-corrected chi connectivity index (χ4v) is 1.68. The van der Waals surface area contributed by atoms with Crippen LogP contribution in [0.2, 0.25) is 0 Å². The molecule has 0 aliphatic rings. The Morgan fingerprint density at radius 3 is 2.00 bits per heavy atom. The largest absolute Gasteiger partial charge is 0.481 e. The molecule has 0 saturated carbocycles. The Bertz CT molecular complexity index is 252. The summed E-state index contributed by atoms with van der Waals surface area (Å²) in [7, 11) is 0. The lowest BCUT2D eigenvalue weighted by Gasteiger charge is -2.31. The number of carbonyl (C=O) groups is 3. The zero-order chi connectivity index (χ0) is 12.8. The summed E-state index contributed by atoms with van der Waals surface area (Å²) in [6.07, 6.45) is 2.17. The van der Waals surface area contributed by atoms with E-state index in [4.69, 9.17) is 5.11 Å². The summed E-state index contributed by atoms with van der Waals surface area (Å²) < 4.78 is 0. The quantitative estimate of drug-likeness (QED) is 0.676. The van der Waals surface area contributed by atoms with Gasteiger partial charge in [-0.3, -0.25) is 4.79 Å². The number of carboxylic acids is 1. The van der Waals surface area contributed by atoms with Gasteiger partial charge in [0.15, 0.2) is 0 Å². The predicted octanol–water partition coefficient (Wildman–Crippen LogP) is 1.92. The fourth-order valence-electron chi connectivity index (χ4n) is 1.68. The van der Waals surface area contributed by atoms with Crippen molar-refractivity contribution in [2.75, 3.05) is 0 Å². The SMILES string of the molecule is CC(C)(C)C(CC=O)CC(CC=O)C(=O)O. The van der Waals surface area contributed by atoms with Gasteiger partial charge in [0, 0.05) is 12.8 Å². The van der Waals surface area contributed by atoms with Crippen molar-refractivity contribution in [1.29, 1.82) is 0 Å². The standard InChI is InChI=1S/C12H20O4/c1-12(2,3)10(5-7-14)8-9(4-6-13)11(15)16/h6-7,9-10H,4-5,8H2,1-3H3,(H,15,16). The molecule has 0 heterocycles. The van der Waals surface area contributed by atoms with Crippen LogP contribution < -0.4 is 0 Å². The highest BCUT2D eigenvalue weighted by atomic mass is 16.4. The monoisotopic (exact) mass is 228 g/mol. The van der Waals surface area contributed by atoms with Crippen molar-refractivity contribution in [3.8, 4) is 0 Å². The summed E-state index contributed by atoms with van der Waals surface area (Å²) >= 11 is 0. The average Bonchev–Trinajstić information content (AvgIpc) is 2.14. The van der Waals surface area contributed by atoms with E-state index in [2.05, 4.69) is 0 Å². The second-order valence-corrected chi connectivity index (χ2v) is 5.14. The van der Waals surface area contributed by atoms with Crippen molar-refractivity contribution in [1.82, 2.24) is 0 Å². The van der Waals surface area contributed by atoms with Gasteiger partial charge in [-0.05, 0) is 17.8 Å². The molecule has 2 atom stereocenters. The van der Waals surface area contributed by atoms with Gasteiger partial charge in [0.25, 0.3) is 0 Å². The first-order valence-corrected chi connectivity index (χ1v) is 5.43. The Morgan fingerprint density at radius 1 is 1.19 bits per heavy atom. The van der Waals surface area contributed by atoms with Crippen LogP contribution >= 0.6 is 0 Å². The summed E-state index contributed by atoms with van der Waals surface area (Å²) in [5.74, 6) is -1.65. The van der Waals surface area contributed by atoms with Crippen molar-refractivity contribution in [3.05, 3.63) is 0 Å². The molecule has 0 aliphatic carbocycles. The zero-order valence-corrected chi connectivity index (χ0v) is 10.1. The first-order chi connectivity index (χ1) is 7.32. The van der Waals surface area contributed by atoms with Gasteiger partial charge in [0.05, 0.1) is 5.92 Å². The average molecular weight is 228 g/mol. The molecule has 16 heavy (non-hydrogen) atoms. The predicted molar refractivity (Wildman–Crippen MR) is 60.0 cm³/mol. The van der Waals surface area contributed by atoms with Crippen LogP contribution in [0.3, 0.4) is 0 Å². The molecule has 0 saturated heterocycles. The molecule has 0 spiro atoms. The molecule has 0 radical (unpaired) electrons. The van der Waals surface area contributed by atoms with Crippen molar-refractivity contribution >= 4 is 18.5 Å². The lowest BCUT2D eigenvalue weighted by molar-refractivity contribution is -0.144. The molecule has 92 valence electrons. The van der Waals surface area contributed by atoms with Gasteiger partial charge >= 0.3 is 5.97 Å². The van der Waals surface area contributed by atoms with Gasteiger partial charge in [0.2, 0.25) is 0 Å². The fraction of sp³-hybridized carbons (Fsp3) is 0.750. The van der Waals surface area contributed by atoms with Crippen LogP contribution in [-0.2, 0) is 14.4 Å². The minimum atomic E-state index is -0.966. The summed E-state index contributed by atoms with van der Waals surface area (Å²) in [5.41, 5.74) is -0.127. The molecule has 0 bridgehead atoms. The third kappa shape index (κ3) is 5.05. The van der Waals surface area contributed by atoms with Crippen LogP contribution in [0.15, 0.2) is 0 Å². The lowest BCUT2D eigenvalue weighted by atomic mass is 9.74. The molecular formula is C12H20O4. The van der Waals surface area contributed by atoms with Gasteiger partial charge in [0.1, 0.15) is 12.6 Å². The minimum absolute atomic E-state index is 0.00829. The third-order valence-electron chi connectivity index (χ3n) is 2.90. The Morgan fingerprint density at radius 2 is 1.69 bits per heavy atom. The number of aliphatic carboxylic acids is 1. The van der Waals surface area contributed by atoms with Crippen LogP contribution in [0, 0.1) is 17.3 Å².